The molecule has 0 aromatic rings. The maximum absolute atomic E-state index is 3.69. The molecule has 2 rings (SSSR count). The van der Waals surface area contributed by atoms with Crippen molar-refractivity contribution in [3.05, 3.63) is 0 Å². The fourth-order valence-corrected chi connectivity index (χ4v) is 4.13. The van der Waals surface area contributed by atoms with Crippen LogP contribution in [0.4, 0.5) is 0 Å². The van der Waals surface area contributed by atoms with Gasteiger partial charge in [-0.05, 0) is 56.5 Å². The van der Waals surface area contributed by atoms with Gasteiger partial charge in [0.15, 0.2) is 0 Å². The molecule has 2 heteroatoms. The molecule has 2 atom stereocenters. The third-order valence-corrected chi connectivity index (χ3v) is 5.64. The van der Waals surface area contributed by atoms with E-state index in [-0.39, 0.29) is 0 Å². The quantitative estimate of drug-likeness (QED) is 0.780. The van der Waals surface area contributed by atoms with Gasteiger partial charge in [-0.25, -0.2) is 0 Å². The van der Waals surface area contributed by atoms with E-state index in [9.17, 15) is 0 Å². The highest BCUT2D eigenvalue weighted by molar-refractivity contribution is 4.91. The Labute approximate surface area is 114 Å². The Hall–Kier alpha value is -0.0800. The van der Waals surface area contributed by atoms with Gasteiger partial charge in [-0.1, -0.05) is 27.2 Å². The largest absolute Gasteiger partial charge is 0.314 e. The highest BCUT2D eigenvalue weighted by atomic mass is 15.2. The van der Waals surface area contributed by atoms with E-state index < -0.39 is 0 Å². The molecule has 0 bridgehead atoms. The van der Waals surface area contributed by atoms with E-state index >= 15 is 0 Å². The van der Waals surface area contributed by atoms with Gasteiger partial charge in [0, 0.05) is 19.1 Å². The Morgan fingerprint density at radius 1 is 1.17 bits per heavy atom. The first-order valence-corrected chi connectivity index (χ1v) is 8.18. The van der Waals surface area contributed by atoms with Crippen molar-refractivity contribution in [3.8, 4) is 0 Å². The summed E-state index contributed by atoms with van der Waals surface area (Å²) in [6.07, 6.45) is 8.43. The van der Waals surface area contributed by atoms with Crippen molar-refractivity contribution in [1.29, 1.82) is 0 Å². The third-order valence-electron chi connectivity index (χ3n) is 5.64. The maximum Gasteiger partial charge on any atom is 0.0107 e. The molecule has 0 aromatic carbocycles. The Bertz CT molecular complexity index is 247. The van der Waals surface area contributed by atoms with Gasteiger partial charge in [-0.3, -0.25) is 0 Å². The average Bonchev–Trinajstić information content (AvgIpc) is 2.99. The first kappa shape index (κ1) is 14.3. The van der Waals surface area contributed by atoms with Crippen LogP contribution >= 0.6 is 0 Å². The molecule has 1 saturated heterocycles. The summed E-state index contributed by atoms with van der Waals surface area (Å²) in [7, 11) is 0. The summed E-state index contributed by atoms with van der Waals surface area (Å²) in [6.45, 7) is 12.2. The minimum atomic E-state index is 0.645. The van der Waals surface area contributed by atoms with Crippen molar-refractivity contribution in [2.24, 2.45) is 11.3 Å². The molecule has 1 heterocycles. The molecule has 1 N–H and O–H groups in total. The number of hydrogen-bond donors (Lipinski definition) is 1. The number of likely N-dealkylation sites (tertiary alicyclic amines) is 1. The lowest BCUT2D eigenvalue weighted by molar-refractivity contribution is 0.207. The topological polar surface area (TPSA) is 15.3 Å². The van der Waals surface area contributed by atoms with E-state index in [2.05, 4.69) is 31.0 Å². The zero-order valence-electron chi connectivity index (χ0n) is 12.7. The van der Waals surface area contributed by atoms with Crippen LogP contribution in [0, 0.1) is 11.3 Å². The van der Waals surface area contributed by atoms with Crippen LogP contribution in [-0.2, 0) is 0 Å². The van der Waals surface area contributed by atoms with Crippen LogP contribution in [0.3, 0.4) is 0 Å². The van der Waals surface area contributed by atoms with E-state index in [0.29, 0.717) is 5.41 Å². The van der Waals surface area contributed by atoms with Crippen LogP contribution in [-0.4, -0.2) is 37.1 Å². The average molecular weight is 252 g/mol. The lowest BCUT2D eigenvalue weighted by Crippen LogP contribution is -2.39. The minimum Gasteiger partial charge on any atom is -0.314 e. The molecular weight excluding hydrogens is 220 g/mol. The van der Waals surface area contributed by atoms with Crippen molar-refractivity contribution in [2.45, 2.75) is 65.3 Å². The van der Waals surface area contributed by atoms with Gasteiger partial charge in [0.05, 0.1) is 0 Å². The van der Waals surface area contributed by atoms with Crippen LogP contribution < -0.4 is 5.32 Å². The van der Waals surface area contributed by atoms with Gasteiger partial charge in [0.2, 0.25) is 0 Å². The molecule has 1 aliphatic carbocycles. The Morgan fingerprint density at radius 2 is 1.94 bits per heavy atom. The van der Waals surface area contributed by atoms with E-state index in [0.717, 1.165) is 18.5 Å². The molecule has 0 radical (unpaired) electrons. The Kier molecular flexibility index (Phi) is 5.08. The molecule has 2 unspecified atom stereocenters. The molecule has 0 aromatic heterocycles. The normalized spacial score (nSPS) is 32.2. The van der Waals surface area contributed by atoms with Gasteiger partial charge >= 0.3 is 0 Å². The highest BCUT2D eigenvalue weighted by Crippen LogP contribution is 2.38. The van der Waals surface area contributed by atoms with E-state index in [1.807, 2.05) is 0 Å². The zero-order valence-corrected chi connectivity index (χ0v) is 12.7. The molecule has 1 saturated carbocycles. The standard InChI is InChI=1S/C16H32N2/c1-4-16(5-2)10-11-18(13-16)12-14-8-7-9-15(14)17-6-3/h14-15,17H,4-13H2,1-3H3. The lowest BCUT2D eigenvalue weighted by Gasteiger charge is -2.29. The maximum atomic E-state index is 3.69. The third kappa shape index (κ3) is 3.08. The van der Waals surface area contributed by atoms with Crippen molar-refractivity contribution in [2.75, 3.05) is 26.2 Å². The molecule has 2 fully saturated rings. The molecule has 18 heavy (non-hydrogen) atoms. The molecule has 2 nitrogen and oxygen atoms in total. The van der Waals surface area contributed by atoms with E-state index in [1.165, 1.54) is 58.2 Å². The van der Waals surface area contributed by atoms with Crippen LogP contribution in [0.5, 0.6) is 0 Å². The van der Waals surface area contributed by atoms with Crippen molar-refractivity contribution in [3.63, 3.8) is 0 Å². The number of nitrogens with one attached hydrogen (secondary N) is 1. The zero-order chi connectivity index (χ0) is 13.0. The van der Waals surface area contributed by atoms with Crippen molar-refractivity contribution >= 4 is 0 Å². The van der Waals surface area contributed by atoms with E-state index in [1.54, 1.807) is 0 Å². The number of nitrogens with zero attached hydrogens (tertiary/aromatic N) is 1. The van der Waals surface area contributed by atoms with Crippen LogP contribution in [0.15, 0.2) is 0 Å². The first-order chi connectivity index (χ1) is 8.73. The van der Waals surface area contributed by atoms with Crippen molar-refractivity contribution in [1.82, 2.24) is 10.2 Å². The summed E-state index contributed by atoms with van der Waals surface area (Å²) in [4.78, 5) is 2.76. The summed E-state index contributed by atoms with van der Waals surface area (Å²) in [5.41, 5.74) is 0.645. The summed E-state index contributed by atoms with van der Waals surface area (Å²) in [5, 5.41) is 3.69. The van der Waals surface area contributed by atoms with Gasteiger partial charge in [-0.15, -0.1) is 0 Å². The fourth-order valence-electron chi connectivity index (χ4n) is 4.13. The first-order valence-electron chi connectivity index (χ1n) is 8.18. The second-order valence-corrected chi connectivity index (χ2v) is 6.55. The molecular formula is C16H32N2. The van der Waals surface area contributed by atoms with Gasteiger partial charge < -0.3 is 10.2 Å². The van der Waals surface area contributed by atoms with Crippen LogP contribution in [0.25, 0.3) is 0 Å². The summed E-state index contributed by atoms with van der Waals surface area (Å²) in [5.74, 6) is 0.912. The molecule has 106 valence electrons. The molecule has 1 aliphatic heterocycles. The molecule has 2 aliphatic rings. The predicted molar refractivity (Wildman–Crippen MR) is 78.9 cm³/mol. The SMILES string of the molecule is CCNC1CCCC1CN1CCC(CC)(CC)C1. The fraction of sp³-hybridized carbons (Fsp3) is 1.00. The second-order valence-electron chi connectivity index (χ2n) is 6.55. The number of hydrogen-bond acceptors (Lipinski definition) is 2. The summed E-state index contributed by atoms with van der Waals surface area (Å²) < 4.78 is 0. The molecule has 0 amide bonds. The smallest absolute Gasteiger partial charge is 0.0107 e. The number of rotatable bonds is 6. The lowest BCUT2D eigenvalue weighted by atomic mass is 9.82. The Balaban J connectivity index is 1.83. The monoisotopic (exact) mass is 252 g/mol. The van der Waals surface area contributed by atoms with Crippen LogP contribution in [0.2, 0.25) is 0 Å². The predicted octanol–water partition coefficient (Wildman–Crippen LogP) is 3.28. The van der Waals surface area contributed by atoms with E-state index in [4.69, 9.17) is 0 Å². The summed E-state index contributed by atoms with van der Waals surface area (Å²) >= 11 is 0. The second kappa shape index (κ2) is 6.38. The van der Waals surface area contributed by atoms with Gasteiger partial charge in [-0.2, -0.15) is 0 Å². The van der Waals surface area contributed by atoms with Crippen LogP contribution in [0.1, 0.15) is 59.3 Å². The molecule has 0 spiro atoms. The summed E-state index contributed by atoms with van der Waals surface area (Å²) in [6, 6.07) is 0.799. The van der Waals surface area contributed by atoms with Gasteiger partial charge in [0.1, 0.15) is 0 Å². The van der Waals surface area contributed by atoms with Crippen molar-refractivity contribution < 1.29 is 0 Å². The minimum absolute atomic E-state index is 0.645. The Morgan fingerprint density at radius 3 is 2.56 bits per heavy atom. The van der Waals surface area contributed by atoms with Gasteiger partial charge in [0.25, 0.3) is 0 Å². The highest BCUT2D eigenvalue weighted by Gasteiger charge is 2.37.